The molecule has 1 fully saturated rings. The number of rotatable bonds is 6. The number of hydrogen-bond acceptors (Lipinski definition) is 4. The number of carboxylic acid groups (broad SMARTS) is 1. The highest BCUT2D eigenvalue weighted by molar-refractivity contribution is 5.96. The van der Waals surface area contributed by atoms with E-state index in [0.29, 0.717) is 12.8 Å². The van der Waals surface area contributed by atoms with E-state index < -0.39 is 11.9 Å². The Kier molecular flexibility index (Phi) is 5.19. The lowest BCUT2D eigenvalue weighted by Crippen LogP contribution is -2.33. The maximum Gasteiger partial charge on any atom is 0.303 e. The van der Waals surface area contributed by atoms with Crippen molar-refractivity contribution in [2.45, 2.75) is 45.4 Å². The van der Waals surface area contributed by atoms with Gasteiger partial charge in [-0.1, -0.05) is 0 Å². The molecule has 0 bridgehead atoms. The number of aliphatic carboxylic acids is 1. The highest BCUT2D eigenvalue weighted by atomic mass is 16.4. The second kappa shape index (κ2) is 6.42. The average molecular weight is 254 g/mol. The molecule has 0 radical (unpaired) electrons. The molecular formula is C13H18O5. The third-order valence-corrected chi connectivity index (χ3v) is 3.36. The zero-order valence-corrected chi connectivity index (χ0v) is 10.5. The van der Waals surface area contributed by atoms with Gasteiger partial charge in [0.05, 0.1) is 0 Å². The summed E-state index contributed by atoms with van der Waals surface area (Å²) in [5, 5.41) is 8.56. The number of carbonyl (C=O) groups excluding carboxylic acids is 3. The first-order chi connectivity index (χ1) is 8.40. The Bertz CT molecular complexity index is 336. The van der Waals surface area contributed by atoms with Gasteiger partial charge in [0.2, 0.25) is 0 Å². The minimum absolute atomic E-state index is 0.00811. The van der Waals surface area contributed by atoms with Crippen LogP contribution in [0.1, 0.15) is 45.4 Å². The fourth-order valence-electron chi connectivity index (χ4n) is 2.25. The predicted octanol–water partition coefficient (Wildman–Crippen LogP) is 1.38. The number of carboxylic acids is 1. The summed E-state index contributed by atoms with van der Waals surface area (Å²) in [4.78, 5) is 44.9. The third kappa shape index (κ3) is 4.39. The second-order valence-electron chi connectivity index (χ2n) is 4.91. The first-order valence-corrected chi connectivity index (χ1v) is 6.16. The van der Waals surface area contributed by atoms with E-state index in [1.807, 2.05) is 0 Å². The van der Waals surface area contributed by atoms with Crippen LogP contribution >= 0.6 is 0 Å². The van der Waals surface area contributed by atoms with Crippen molar-refractivity contribution in [1.82, 2.24) is 0 Å². The molecule has 1 saturated carbocycles. The van der Waals surface area contributed by atoms with Crippen LogP contribution < -0.4 is 0 Å². The van der Waals surface area contributed by atoms with Crippen LogP contribution in [-0.4, -0.2) is 28.4 Å². The summed E-state index contributed by atoms with van der Waals surface area (Å²) >= 11 is 0. The van der Waals surface area contributed by atoms with Crippen LogP contribution in [-0.2, 0) is 19.2 Å². The van der Waals surface area contributed by atoms with Gasteiger partial charge in [-0.2, -0.15) is 0 Å². The topological polar surface area (TPSA) is 88.5 Å². The molecule has 5 heteroatoms. The molecule has 0 aromatic carbocycles. The van der Waals surface area contributed by atoms with E-state index >= 15 is 0 Å². The van der Waals surface area contributed by atoms with Crippen LogP contribution in [0.25, 0.3) is 0 Å². The Morgan fingerprint density at radius 3 is 1.89 bits per heavy atom. The van der Waals surface area contributed by atoms with Crippen LogP contribution in [0.3, 0.4) is 0 Å². The van der Waals surface area contributed by atoms with Gasteiger partial charge in [-0.05, 0) is 19.8 Å². The van der Waals surface area contributed by atoms with Crippen molar-refractivity contribution in [2.24, 2.45) is 11.8 Å². The van der Waals surface area contributed by atoms with Crippen molar-refractivity contribution in [3.63, 3.8) is 0 Å². The average Bonchev–Trinajstić information content (AvgIpc) is 2.27. The van der Waals surface area contributed by atoms with Gasteiger partial charge in [0, 0.05) is 37.5 Å². The Balaban J connectivity index is 2.48. The maximum atomic E-state index is 11.8. The van der Waals surface area contributed by atoms with Gasteiger partial charge in [-0.15, -0.1) is 0 Å². The van der Waals surface area contributed by atoms with Gasteiger partial charge in [-0.25, -0.2) is 0 Å². The molecule has 0 aromatic heterocycles. The lowest BCUT2D eigenvalue weighted by molar-refractivity contribution is -0.140. The van der Waals surface area contributed by atoms with Crippen LogP contribution in [0.15, 0.2) is 0 Å². The molecule has 2 unspecified atom stereocenters. The summed E-state index contributed by atoms with van der Waals surface area (Å²) in [6.45, 7) is 1.46. The van der Waals surface area contributed by atoms with Crippen molar-refractivity contribution in [3.8, 4) is 0 Å². The Morgan fingerprint density at radius 2 is 1.50 bits per heavy atom. The molecule has 18 heavy (non-hydrogen) atoms. The highest BCUT2D eigenvalue weighted by Crippen LogP contribution is 2.29. The van der Waals surface area contributed by atoms with Crippen LogP contribution in [0.2, 0.25) is 0 Å². The minimum Gasteiger partial charge on any atom is -0.481 e. The smallest absolute Gasteiger partial charge is 0.303 e. The number of carbonyl (C=O) groups is 4. The number of Topliss-reactive ketones (excluding diaryl/α,β-unsaturated/α-hetero) is 3. The van der Waals surface area contributed by atoms with Crippen molar-refractivity contribution >= 4 is 23.3 Å². The van der Waals surface area contributed by atoms with Gasteiger partial charge in [-0.3, -0.25) is 14.4 Å². The molecule has 0 heterocycles. The lowest BCUT2D eigenvalue weighted by Gasteiger charge is -2.25. The largest absolute Gasteiger partial charge is 0.481 e. The molecule has 1 rings (SSSR count). The first kappa shape index (κ1) is 14.5. The van der Waals surface area contributed by atoms with Crippen molar-refractivity contribution in [3.05, 3.63) is 0 Å². The van der Waals surface area contributed by atoms with Crippen molar-refractivity contribution in [1.29, 1.82) is 0 Å². The fraction of sp³-hybridized carbons (Fsp3) is 0.692. The zero-order valence-electron chi connectivity index (χ0n) is 10.5. The molecule has 100 valence electrons. The molecule has 0 amide bonds. The van der Waals surface area contributed by atoms with Crippen LogP contribution in [0, 0.1) is 11.8 Å². The molecular weight excluding hydrogens is 236 g/mol. The standard InChI is InChI=1S/C13H18O5/c1-8(14)2-3-9-6-12(16)10(7-11(9)15)4-5-13(17)18/h9-10H,2-7H2,1H3,(H,17,18). The highest BCUT2D eigenvalue weighted by Gasteiger charge is 2.34. The maximum absolute atomic E-state index is 11.8. The van der Waals surface area contributed by atoms with Gasteiger partial charge >= 0.3 is 5.97 Å². The first-order valence-electron chi connectivity index (χ1n) is 6.16. The van der Waals surface area contributed by atoms with Crippen molar-refractivity contribution < 1.29 is 24.3 Å². The minimum atomic E-state index is -0.950. The molecule has 0 aliphatic heterocycles. The predicted molar refractivity (Wildman–Crippen MR) is 63.0 cm³/mol. The fourth-order valence-corrected chi connectivity index (χ4v) is 2.25. The summed E-state index contributed by atoms with van der Waals surface area (Å²) in [5.74, 6) is -1.77. The quantitative estimate of drug-likeness (QED) is 0.773. The summed E-state index contributed by atoms with van der Waals surface area (Å²) in [5.41, 5.74) is 0. The summed E-state index contributed by atoms with van der Waals surface area (Å²) in [6.07, 6.45) is 1.21. The zero-order chi connectivity index (χ0) is 13.7. The molecule has 1 aliphatic carbocycles. The van der Waals surface area contributed by atoms with Crippen molar-refractivity contribution in [2.75, 3.05) is 0 Å². The Hall–Kier alpha value is -1.52. The third-order valence-electron chi connectivity index (χ3n) is 3.36. The van der Waals surface area contributed by atoms with E-state index in [0.717, 1.165) is 0 Å². The van der Waals surface area contributed by atoms with E-state index in [2.05, 4.69) is 0 Å². The lowest BCUT2D eigenvalue weighted by atomic mass is 9.76. The van der Waals surface area contributed by atoms with E-state index in [1.165, 1.54) is 6.92 Å². The molecule has 1 aliphatic rings. The van der Waals surface area contributed by atoms with Gasteiger partial charge in [0.25, 0.3) is 0 Å². The van der Waals surface area contributed by atoms with Gasteiger partial charge in [0.15, 0.2) is 0 Å². The monoisotopic (exact) mass is 254 g/mol. The molecule has 0 saturated heterocycles. The SMILES string of the molecule is CC(=O)CCC1CC(=O)C(CCC(=O)O)CC1=O. The van der Waals surface area contributed by atoms with Crippen LogP contribution in [0.5, 0.6) is 0 Å². The van der Waals surface area contributed by atoms with Gasteiger partial charge < -0.3 is 9.90 Å². The molecule has 0 aromatic rings. The molecule has 1 N–H and O–H groups in total. The van der Waals surface area contributed by atoms with E-state index in [4.69, 9.17) is 5.11 Å². The van der Waals surface area contributed by atoms with E-state index in [1.54, 1.807) is 0 Å². The summed E-state index contributed by atoms with van der Waals surface area (Å²) in [7, 11) is 0. The Morgan fingerprint density at radius 1 is 1.06 bits per heavy atom. The number of ketones is 3. The summed E-state index contributed by atoms with van der Waals surface area (Å²) in [6, 6.07) is 0. The van der Waals surface area contributed by atoms with Gasteiger partial charge in [0.1, 0.15) is 17.3 Å². The Labute approximate surface area is 106 Å². The normalized spacial score (nSPS) is 24.1. The molecule has 0 spiro atoms. The molecule has 2 atom stereocenters. The van der Waals surface area contributed by atoms with E-state index in [9.17, 15) is 19.2 Å². The number of hydrogen-bond donors (Lipinski definition) is 1. The second-order valence-corrected chi connectivity index (χ2v) is 4.91. The molecule has 5 nitrogen and oxygen atoms in total. The van der Waals surface area contributed by atoms with Crippen LogP contribution in [0.4, 0.5) is 0 Å². The summed E-state index contributed by atoms with van der Waals surface area (Å²) < 4.78 is 0. The van der Waals surface area contributed by atoms with E-state index in [-0.39, 0.29) is 49.0 Å².